The summed E-state index contributed by atoms with van der Waals surface area (Å²) in [6, 6.07) is 9.73. The van der Waals surface area contributed by atoms with Crippen molar-refractivity contribution in [3.05, 3.63) is 50.2 Å². The molecule has 0 saturated heterocycles. The lowest BCUT2D eigenvalue weighted by Gasteiger charge is -2.07. The van der Waals surface area contributed by atoms with Crippen LogP contribution in [-0.4, -0.2) is 21.9 Å². The zero-order valence-electron chi connectivity index (χ0n) is 11.6. The maximum absolute atomic E-state index is 6.00. The van der Waals surface area contributed by atoms with Crippen LogP contribution in [0.2, 0.25) is 5.02 Å². The topological polar surface area (TPSA) is 39.9 Å². The van der Waals surface area contributed by atoms with Gasteiger partial charge in [0.05, 0.1) is 24.9 Å². The molecule has 0 aliphatic heterocycles. The van der Waals surface area contributed by atoms with Crippen molar-refractivity contribution in [1.29, 1.82) is 0 Å². The molecule has 0 aliphatic rings. The lowest BCUT2D eigenvalue weighted by Crippen LogP contribution is -2.03. The van der Waals surface area contributed by atoms with Gasteiger partial charge >= 0.3 is 0 Å². The summed E-state index contributed by atoms with van der Waals surface area (Å²) in [5, 5.41) is 5.33. The Labute approximate surface area is 141 Å². The Balaban J connectivity index is 2.05. The molecule has 1 aromatic carbocycles. The van der Waals surface area contributed by atoms with Gasteiger partial charge in [0.25, 0.3) is 0 Å². The maximum atomic E-state index is 6.00. The number of ether oxygens (including phenoxy) is 1. The van der Waals surface area contributed by atoms with E-state index in [-0.39, 0.29) is 0 Å². The number of aryl methyl sites for hydroxylation is 1. The molecule has 0 unspecified atom stereocenters. The number of benzene rings is 1. The molecule has 0 spiro atoms. The molecule has 0 amide bonds. The summed E-state index contributed by atoms with van der Waals surface area (Å²) in [5.41, 5.74) is 3.95. The molecule has 0 bridgehead atoms. The number of rotatable bonds is 3. The third-order valence-corrected chi connectivity index (χ3v) is 4.52. The van der Waals surface area contributed by atoms with Crippen LogP contribution >= 0.6 is 34.2 Å². The van der Waals surface area contributed by atoms with Crippen LogP contribution in [-0.2, 0) is 6.54 Å². The van der Waals surface area contributed by atoms with E-state index >= 15 is 0 Å². The zero-order valence-corrected chi connectivity index (χ0v) is 14.5. The normalized spacial score (nSPS) is 11.0. The van der Waals surface area contributed by atoms with E-state index in [0.29, 0.717) is 12.4 Å². The highest BCUT2D eigenvalue weighted by molar-refractivity contribution is 14.1. The summed E-state index contributed by atoms with van der Waals surface area (Å²) in [6.07, 6.45) is 0. The standard InChI is InChI=1S/C15H13ClIN3O/c1-9-15-13(5-6-14(18-15)21-2)20(19-9)8-10-3-4-11(16)7-12(10)17/h3-7H,8H2,1-2H3. The fourth-order valence-electron chi connectivity index (χ4n) is 2.24. The second-order valence-corrected chi connectivity index (χ2v) is 6.30. The number of nitrogens with zero attached hydrogens (tertiary/aromatic N) is 3. The van der Waals surface area contributed by atoms with Gasteiger partial charge in [-0.1, -0.05) is 17.7 Å². The molecule has 3 rings (SSSR count). The van der Waals surface area contributed by atoms with Gasteiger partial charge in [0.15, 0.2) is 0 Å². The molecule has 108 valence electrons. The summed E-state index contributed by atoms with van der Waals surface area (Å²) < 4.78 is 8.26. The third kappa shape index (κ3) is 2.85. The van der Waals surface area contributed by atoms with Gasteiger partial charge in [-0.2, -0.15) is 5.10 Å². The first-order valence-electron chi connectivity index (χ1n) is 6.40. The van der Waals surface area contributed by atoms with E-state index in [1.54, 1.807) is 7.11 Å². The molecule has 4 nitrogen and oxygen atoms in total. The number of pyridine rings is 1. The van der Waals surface area contributed by atoms with Crippen molar-refractivity contribution in [3.63, 3.8) is 0 Å². The molecular formula is C15H13ClIN3O. The van der Waals surface area contributed by atoms with E-state index < -0.39 is 0 Å². The minimum Gasteiger partial charge on any atom is -0.481 e. The van der Waals surface area contributed by atoms with Crippen LogP contribution in [0.25, 0.3) is 11.0 Å². The first-order valence-corrected chi connectivity index (χ1v) is 7.86. The number of halogens is 2. The fourth-order valence-corrected chi connectivity index (χ4v) is 3.28. The van der Waals surface area contributed by atoms with E-state index in [2.05, 4.69) is 32.7 Å². The van der Waals surface area contributed by atoms with Crippen LogP contribution in [0.15, 0.2) is 30.3 Å². The Morgan fingerprint density at radius 1 is 1.29 bits per heavy atom. The Hall–Kier alpha value is -1.34. The number of aromatic nitrogens is 3. The van der Waals surface area contributed by atoms with Crippen LogP contribution in [0, 0.1) is 10.5 Å². The van der Waals surface area contributed by atoms with E-state index in [0.717, 1.165) is 25.3 Å². The van der Waals surface area contributed by atoms with Crippen LogP contribution in [0.4, 0.5) is 0 Å². The highest BCUT2D eigenvalue weighted by Gasteiger charge is 2.11. The van der Waals surface area contributed by atoms with Gasteiger partial charge in [0, 0.05) is 14.7 Å². The minimum absolute atomic E-state index is 0.603. The summed E-state index contributed by atoms with van der Waals surface area (Å²) in [5.74, 6) is 0.603. The SMILES string of the molecule is COc1ccc2c(n1)c(C)nn2Cc1ccc(Cl)cc1I. The lowest BCUT2D eigenvalue weighted by molar-refractivity contribution is 0.399. The predicted molar refractivity (Wildman–Crippen MR) is 92.1 cm³/mol. The number of fused-ring (bicyclic) bond motifs is 1. The van der Waals surface area contributed by atoms with Crippen molar-refractivity contribution in [1.82, 2.24) is 14.8 Å². The quantitative estimate of drug-likeness (QED) is 0.608. The molecule has 3 aromatic rings. The second-order valence-electron chi connectivity index (χ2n) is 4.70. The Kier molecular flexibility index (Phi) is 4.03. The molecule has 21 heavy (non-hydrogen) atoms. The largest absolute Gasteiger partial charge is 0.481 e. The maximum Gasteiger partial charge on any atom is 0.213 e. The van der Waals surface area contributed by atoms with E-state index in [1.165, 1.54) is 5.56 Å². The highest BCUT2D eigenvalue weighted by Crippen LogP contribution is 2.23. The minimum atomic E-state index is 0.603. The van der Waals surface area contributed by atoms with Crippen LogP contribution < -0.4 is 4.74 Å². The van der Waals surface area contributed by atoms with Gasteiger partial charge in [-0.05, 0) is 53.3 Å². The Morgan fingerprint density at radius 3 is 2.81 bits per heavy atom. The molecule has 0 atom stereocenters. The van der Waals surface area contributed by atoms with Crippen molar-refractivity contribution >= 4 is 45.2 Å². The van der Waals surface area contributed by atoms with Crippen LogP contribution in [0.5, 0.6) is 5.88 Å². The van der Waals surface area contributed by atoms with E-state index in [1.807, 2.05) is 41.9 Å². The number of hydrogen-bond acceptors (Lipinski definition) is 3. The number of methoxy groups -OCH3 is 1. The molecule has 0 fully saturated rings. The Morgan fingerprint density at radius 2 is 2.10 bits per heavy atom. The average Bonchev–Trinajstić information content (AvgIpc) is 2.78. The van der Waals surface area contributed by atoms with Crippen molar-refractivity contribution in [2.45, 2.75) is 13.5 Å². The van der Waals surface area contributed by atoms with E-state index in [9.17, 15) is 0 Å². The monoisotopic (exact) mass is 413 g/mol. The summed E-state index contributed by atoms with van der Waals surface area (Å²) in [7, 11) is 1.62. The predicted octanol–water partition coefficient (Wildman–Crippen LogP) is 4.05. The molecular weight excluding hydrogens is 401 g/mol. The summed E-state index contributed by atoms with van der Waals surface area (Å²) in [6.45, 7) is 2.64. The molecule has 6 heteroatoms. The molecule has 0 radical (unpaired) electrons. The lowest BCUT2D eigenvalue weighted by atomic mass is 10.2. The molecule has 0 saturated carbocycles. The fraction of sp³-hybridized carbons (Fsp3) is 0.200. The van der Waals surface area contributed by atoms with E-state index in [4.69, 9.17) is 16.3 Å². The van der Waals surface area contributed by atoms with Crippen molar-refractivity contribution in [3.8, 4) is 5.88 Å². The Bertz CT molecular complexity index is 816. The van der Waals surface area contributed by atoms with Gasteiger partial charge < -0.3 is 4.74 Å². The van der Waals surface area contributed by atoms with Crippen molar-refractivity contribution in [2.75, 3.05) is 7.11 Å². The van der Waals surface area contributed by atoms with Crippen LogP contribution in [0.1, 0.15) is 11.3 Å². The molecule has 0 aliphatic carbocycles. The van der Waals surface area contributed by atoms with Crippen molar-refractivity contribution in [2.24, 2.45) is 0 Å². The van der Waals surface area contributed by atoms with Gasteiger partial charge in [0.2, 0.25) is 5.88 Å². The van der Waals surface area contributed by atoms with Gasteiger partial charge in [-0.3, -0.25) is 4.68 Å². The average molecular weight is 414 g/mol. The first-order chi connectivity index (χ1) is 10.1. The highest BCUT2D eigenvalue weighted by atomic mass is 127. The number of hydrogen-bond donors (Lipinski definition) is 0. The molecule has 2 heterocycles. The first kappa shape index (κ1) is 14.6. The second kappa shape index (κ2) is 5.81. The van der Waals surface area contributed by atoms with Gasteiger partial charge in [0.1, 0.15) is 5.52 Å². The molecule has 2 aromatic heterocycles. The van der Waals surface area contributed by atoms with Gasteiger partial charge in [-0.15, -0.1) is 0 Å². The third-order valence-electron chi connectivity index (χ3n) is 3.28. The smallest absolute Gasteiger partial charge is 0.213 e. The van der Waals surface area contributed by atoms with Crippen molar-refractivity contribution < 1.29 is 4.74 Å². The van der Waals surface area contributed by atoms with Crippen LogP contribution in [0.3, 0.4) is 0 Å². The molecule has 0 N–H and O–H groups in total. The van der Waals surface area contributed by atoms with Gasteiger partial charge in [-0.25, -0.2) is 4.98 Å². The zero-order chi connectivity index (χ0) is 15.0. The summed E-state index contributed by atoms with van der Waals surface area (Å²) >= 11 is 8.29. The summed E-state index contributed by atoms with van der Waals surface area (Å²) in [4.78, 5) is 4.46.